The molecule has 0 saturated heterocycles. The molecule has 0 bridgehead atoms. The molecule has 2 aromatic heterocycles. The second kappa shape index (κ2) is 9.14. The van der Waals surface area contributed by atoms with Crippen molar-refractivity contribution in [2.75, 3.05) is 25.8 Å². The molecule has 1 aromatic carbocycles. The first kappa shape index (κ1) is 21.3. The highest BCUT2D eigenvalue weighted by Gasteiger charge is 2.24. The molecule has 11 heteroatoms. The monoisotopic (exact) mass is 470 g/mol. The summed E-state index contributed by atoms with van der Waals surface area (Å²) in [5, 5.41) is 5.94. The number of alkyl carbamates (subject to hydrolysis) is 1. The highest BCUT2D eigenvalue weighted by atomic mass is 35.5. The Bertz CT molecular complexity index is 1210. The number of imidazole rings is 1. The summed E-state index contributed by atoms with van der Waals surface area (Å²) in [5.41, 5.74) is 2.24. The van der Waals surface area contributed by atoms with E-state index in [1.807, 2.05) is 22.8 Å². The largest absolute Gasteiger partial charge is 0.454 e. The van der Waals surface area contributed by atoms with Crippen LogP contribution in [-0.4, -0.2) is 46.1 Å². The molecular weight excluding hydrogens is 448 g/mol. The topological polar surface area (TPSA) is 112 Å². The maximum absolute atomic E-state index is 12.2. The van der Waals surface area contributed by atoms with Gasteiger partial charge in [-0.25, -0.2) is 9.78 Å². The summed E-state index contributed by atoms with van der Waals surface area (Å²) >= 11 is 6.09. The molecule has 1 aliphatic carbocycles. The highest BCUT2D eigenvalue weighted by molar-refractivity contribution is 6.28. The van der Waals surface area contributed by atoms with Crippen LogP contribution in [0.25, 0.3) is 11.2 Å². The minimum absolute atomic E-state index is 0.0321. The number of fused-ring (bicyclic) bond motifs is 2. The summed E-state index contributed by atoms with van der Waals surface area (Å²) in [6, 6.07) is 5.60. The van der Waals surface area contributed by atoms with Crippen LogP contribution in [0.5, 0.6) is 11.5 Å². The Balaban J connectivity index is 1.17. The van der Waals surface area contributed by atoms with Crippen LogP contribution < -0.4 is 20.1 Å². The molecule has 3 aromatic rings. The van der Waals surface area contributed by atoms with Crippen molar-refractivity contribution in [2.45, 2.75) is 25.4 Å². The average molecular weight is 471 g/mol. The van der Waals surface area contributed by atoms with Crippen molar-refractivity contribution in [3.8, 4) is 11.5 Å². The second-order valence-electron chi connectivity index (χ2n) is 7.89. The predicted molar refractivity (Wildman–Crippen MR) is 122 cm³/mol. The van der Waals surface area contributed by atoms with Crippen molar-refractivity contribution in [1.29, 1.82) is 0 Å². The van der Waals surface area contributed by atoms with Crippen LogP contribution in [0.4, 0.5) is 10.6 Å². The van der Waals surface area contributed by atoms with Crippen LogP contribution in [0.1, 0.15) is 24.4 Å². The molecule has 2 N–H and O–H groups in total. The number of hydrogen-bond acceptors (Lipinski definition) is 8. The SMILES string of the molecule is CNc1nc(Cl)nc2c1ncn2C1C=CCC(COC(=O)NCc2ccc3c(c2)OCO3)C1. The first-order valence-corrected chi connectivity index (χ1v) is 11.0. The van der Waals surface area contributed by atoms with Gasteiger partial charge in [0.05, 0.1) is 19.0 Å². The molecule has 10 nitrogen and oxygen atoms in total. The van der Waals surface area contributed by atoms with E-state index in [2.05, 4.69) is 37.7 Å². The lowest BCUT2D eigenvalue weighted by atomic mass is 9.91. The molecule has 0 saturated carbocycles. The van der Waals surface area contributed by atoms with E-state index in [1.54, 1.807) is 13.4 Å². The number of hydrogen-bond donors (Lipinski definition) is 2. The van der Waals surface area contributed by atoms with Crippen LogP contribution >= 0.6 is 11.6 Å². The van der Waals surface area contributed by atoms with Crippen molar-refractivity contribution in [3.05, 3.63) is 47.5 Å². The zero-order valence-corrected chi connectivity index (χ0v) is 18.7. The number of halogens is 1. The third-order valence-electron chi connectivity index (χ3n) is 5.71. The van der Waals surface area contributed by atoms with E-state index in [1.165, 1.54) is 0 Å². The average Bonchev–Trinajstić information content (AvgIpc) is 3.47. The number of benzene rings is 1. The van der Waals surface area contributed by atoms with Gasteiger partial charge in [0.1, 0.15) is 0 Å². The first-order chi connectivity index (χ1) is 16.1. The van der Waals surface area contributed by atoms with Gasteiger partial charge in [-0.2, -0.15) is 9.97 Å². The molecule has 3 heterocycles. The number of anilines is 1. The minimum atomic E-state index is -0.454. The van der Waals surface area contributed by atoms with Crippen LogP contribution in [0.3, 0.4) is 0 Å². The van der Waals surface area contributed by atoms with Crippen molar-refractivity contribution in [2.24, 2.45) is 5.92 Å². The Morgan fingerprint density at radius 2 is 2.18 bits per heavy atom. The molecule has 0 fully saturated rings. The summed E-state index contributed by atoms with van der Waals surface area (Å²) in [6.07, 6.45) is 7.12. The Morgan fingerprint density at radius 1 is 1.30 bits per heavy atom. The lowest BCUT2D eigenvalue weighted by Crippen LogP contribution is -2.27. The molecule has 5 rings (SSSR count). The summed E-state index contributed by atoms with van der Waals surface area (Å²) in [7, 11) is 1.77. The van der Waals surface area contributed by atoms with Crippen LogP contribution in [0.2, 0.25) is 5.28 Å². The lowest BCUT2D eigenvalue weighted by Gasteiger charge is -2.25. The number of rotatable bonds is 6. The number of amides is 1. The maximum Gasteiger partial charge on any atom is 0.407 e. The highest BCUT2D eigenvalue weighted by Crippen LogP contribution is 2.33. The van der Waals surface area contributed by atoms with E-state index in [0.29, 0.717) is 41.6 Å². The molecule has 1 amide bonds. The molecule has 2 unspecified atom stereocenters. The molecule has 0 spiro atoms. The first-order valence-electron chi connectivity index (χ1n) is 10.6. The summed E-state index contributed by atoms with van der Waals surface area (Å²) < 4.78 is 18.1. The van der Waals surface area contributed by atoms with E-state index >= 15 is 0 Å². The molecule has 33 heavy (non-hydrogen) atoms. The van der Waals surface area contributed by atoms with Crippen LogP contribution in [-0.2, 0) is 11.3 Å². The molecule has 2 aliphatic rings. The maximum atomic E-state index is 12.2. The number of ether oxygens (including phenoxy) is 3. The third kappa shape index (κ3) is 4.51. The third-order valence-corrected chi connectivity index (χ3v) is 5.88. The predicted octanol–water partition coefficient (Wildman–Crippen LogP) is 3.68. The Hall–Kier alpha value is -3.53. The lowest BCUT2D eigenvalue weighted by molar-refractivity contribution is 0.120. The number of carbonyl (C=O) groups excluding carboxylic acids is 1. The van der Waals surface area contributed by atoms with E-state index in [-0.39, 0.29) is 24.0 Å². The smallest absolute Gasteiger partial charge is 0.407 e. The van der Waals surface area contributed by atoms with Gasteiger partial charge in [-0.05, 0) is 48.1 Å². The fourth-order valence-electron chi connectivity index (χ4n) is 4.06. The van der Waals surface area contributed by atoms with Gasteiger partial charge in [-0.15, -0.1) is 0 Å². The fourth-order valence-corrected chi connectivity index (χ4v) is 4.23. The molecule has 0 radical (unpaired) electrons. The van der Waals surface area contributed by atoms with Crippen LogP contribution in [0, 0.1) is 5.92 Å². The minimum Gasteiger partial charge on any atom is -0.454 e. The number of nitrogens with zero attached hydrogens (tertiary/aromatic N) is 4. The van der Waals surface area contributed by atoms with Gasteiger partial charge >= 0.3 is 6.09 Å². The van der Waals surface area contributed by atoms with Gasteiger partial charge < -0.3 is 29.4 Å². The summed E-state index contributed by atoms with van der Waals surface area (Å²) in [4.78, 5) is 25.2. The van der Waals surface area contributed by atoms with Crippen LogP contribution in [0.15, 0.2) is 36.7 Å². The molecule has 172 valence electrons. The summed E-state index contributed by atoms with van der Waals surface area (Å²) in [6.45, 7) is 0.881. The molecular formula is C22H23ClN6O4. The van der Waals surface area contributed by atoms with E-state index in [0.717, 1.165) is 18.4 Å². The van der Waals surface area contributed by atoms with Gasteiger partial charge in [0.2, 0.25) is 12.1 Å². The van der Waals surface area contributed by atoms with E-state index in [4.69, 9.17) is 25.8 Å². The number of carbonyl (C=O) groups is 1. The second-order valence-corrected chi connectivity index (χ2v) is 8.23. The standard InChI is InChI=1S/C22H23ClN6O4/c1-24-19-18-20(28-21(23)27-19)29(11-26-18)15-4-2-3-14(7-15)10-31-22(30)25-9-13-5-6-16-17(8-13)33-12-32-16/h2,4-6,8,11,14-15H,3,7,9-10,12H2,1H3,(H,25,30)(H,24,27,28). The zero-order chi connectivity index (χ0) is 22.8. The number of allylic oxidation sites excluding steroid dienone is 2. The van der Waals surface area contributed by atoms with E-state index < -0.39 is 6.09 Å². The van der Waals surface area contributed by atoms with Gasteiger partial charge in [0.15, 0.2) is 28.5 Å². The normalized spacial score (nSPS) is 19.0. The molecule has 1 aliphatic heterocycles. The van der Waals surface area contributed by atoms with Gasteiger partial charge in [-0.3, -0.25) is 0 Å². The van der Waals surface area contributed by atoms with Crippen molar-refractivity contribution >= 4 is 34.7 Å². The van der Waals surface area contributed by atoms with Gasteiger partial charge in [0, 0.05) is 13.6 Å². The Labute approximate surface area is 194 Å². The Kier molecular flexibility index (Phi) is 5.91. The Morgan fingerprint density at radius 3 is 3.06 bits per heavy atom. The van der Waals surface area contributed by atoms with Crippen molar-refractivity contribution in [3.63, 3.8) is 0 Å². The zero-order valence-electron chi connectivity index (χ0n) is 18.0. The summed E-state index contributed by atoms with van der Waals surface area (Å²) in [5.74, 6) is 2.16. The van der Waals surface area contributed by atoms with Gasteiger partial charge in [-0.1, -0.05) is 18.2 Å². The number of nitrogens with one attached hydrogen (secondary N) is 2. The van der Waals surface area contributed by atoms with Crippen molar-refractivity contribution < 1.29 is 19.0 Å². The van der Waals surface area contributed by atoms with Crippen molar-refractivity contribution in [1.82, 2.24) is 24.8 Å². The fraction of sp³-hybridized carbons (Fsp3) is 0.364. The number of aromatic nitrogens is 4. The molecule has 2 atom stereocenters. The van der Waals surface area contributed by atoms with Gasteiger partial charge in [0.25, 0.3) is 0 Å². The van der Waals surface area contributed by atoms with E-state index in [9.17, 15) is 4.79 Å². The quantitative estimate of drug-likeness (QED) is 0.414.